The van der Waals surface area contributed by atoms with Gasteiger partial charge in [0.15, 0.2) is 16.7 Å². The van der Waals surface area contributed by atoms with Gasteiger partial charge in [0.25, 0.3) is 5.91 Å². The molecule has 1 fully saturated rings. The van der Waals surface area contributed by atoms with E-state index in [2.05, 4.69) is 10.3 Å². The molecule has 28 heavy (non-hydrogen) atoms. The zero-order valence-corrected chi connectivity index (χ0v) is 16.1. The molecule has 3 rings (SSSR count). The molecule has 7 nitrogen and oxygen atoms in total. The third-order valence-corrected chi connectivity index (χ3v) is 4.70. The number of nitrogens with one attached hydrogen (secondary N) is 1. The van der Waals surface area contributed by atoms with Crippen LogP contribution in [0.4, 0.5) is 5.69 Å². The van der Waals surface area contributed by atoms with Crippen LogP contribution in [0.15, 0.2) is 52.4 Å². The number of methoxy groups -OCH3 is 1. The van der Waals surface area contributed by atoms with Gasteiger partial charge in [-0.2, -0.15) is 0 Å². The van der Waals surface area contributed by atoms with E-state index in [-0.39, 0.29) is 17.2 Å². The van der Waals surface area contributed by atoms with Crippen LogP contribution >= 0.6 is 11.8 Å². The number of nitrogens with zero attached hydrogens (tertiary/aromatic N) is 1. The van der Waals surface area contributed by atoms with Crippen molar-refractivity contribution in [1.82, 2.24) is 5.32 Å². The molecule has 2 aromatic carbocycles. The Kier molecular flexibility index (Phi) is 6.00. The van der Waals surface area contributed by atoms with Crippen molar-refractivity contribution in [1.29, 1.82) is 0 Å². The molecule has 8 heteroatoms. The number of carbonyl (C=O) groups is 2. The summed E-state index contributed by atoms with van der Waals surface area (Å²) in [6.45, 7) is 2.41. The van der Waals surface area contributed by atoms with Crippen LogP contribution in [0, 0.1) is 0 Å². The number of amides is 1. The Morgan fingerprint density at radius 3 is 2.75 bits per heavy atom. The van der Waals surface area contributed by atoms with Gasteiger partial charge in [0, 0.05) is 0 Å². The standard InChI is InChI=1S/C20H18N2O5S/c1-3-27-15-9-8-12(10-16(15)26-2)11-17-18(23)22-20(28-17)21-14-7-5-4-6-13(14)19(24)25/h4-11H,3H2,1-2H3,(H,24,25)(H,21,22,23)/b17-11-. The van der Waals surface area contributed by atoms with Crippen LogP contribution in [-0.4, -0.2) is 35.9 Å². The summed E-state index contributed by atoms with van der Waals surface area (Å²) in [5.74, 6) is -0.178. The predicted molar refractivity (Wildman–Crippen MR) is 108 cm³/mol. The lowest BCUT2D eigenvalue weighted by atomic mass is 10.2. The number of carbonyl (C=O) groups excluding carboxylic acids is 1. The molecule has 1 saturated heterocycles. The third-order valence-electron chi connectivity index (χ3n) is 3.79. The number of benzene rings is 2. The molecule has 1 aliphatic heterocycles. The highest BCUT2D eigenvalue weighted by Crippen LogP contribution is 2.32. The lowest BCUT2D eigenvalue weighted by Gasteiger charge is -2.09. The van der Waals surface area contributed by atoms with E-state index in [1.165, 1.54) is 6.07 Å². The summed E-state index contributed by atoms with van der Waals surface area (Å²) in [6.07, 6.45) is 1.71. The van der Waals surface area contributed by atoms with Crippen LogP contribution in [0.3, 0.4) is 0 Å². The molecule has 2 aromatic rings. The Balaban J connectivity index is 1.86. The van der Waals surface area contributed by atoms with Gasteiger partial charge in [0.1, 0.15) is 0 Å². The molecule has 0 saturated carbocycles. The first kappa shape index (κ1) is 19.5. The number of ether oxygens (including phenoxy) is 2. The monoisotopic (exact) mass is 398 g/mol. The van der Waals surface area contributed by atoms with Gasteiger partial charge in [-0.3, -0.25) is 4.79 Å². The lowest BCUT2D eigenvalue weighted by Crippen LogP contribution is -2.19. The summed E-state index contributed by atoms with van der Waals surface area (Å²) >= 11 is 1.14. The van der Waals surface area contributed by atoms with E-state index < -0.39 is 5.97 Å². The molecular formula is C20H18N2O5S. The van der Waals surface area contributed by atoms with Crippen molar-refractivity contribution in [3.05, 3.63) is 58.5 Å². The largest absolute Gasteiger partial charge is 0.493 e. The van der Waals surface area contributed by atoms with Crippen LogP contribution in [0.2, 0.25) is 0 Å². The molecule has 0 atom stereocenters. The van der Waals surface area contributed by atoms with E-state index in [1.807, 2.05) is 13.0 Å². The first-order valence-electron chi connectivity index (χ1n) is 8.44. The molecule has 0 radical (unpaired) electrons. The fraction of sp³-hybridized carbons (Fsp3) is 0.150. The van der Waals surface area contributed by atoms with Crippen molar-refractivity contribution in [2.24, 2.45) is 4.99 Å². The van der Waals surface area contributed by atoms with Gasteiger partial charge in [0.05, 0.1) is 29.9 Å². The predicted octanol–water partition coefficient (Wildman–Crippen LogP) is 3.68. The summed E-state index contributed by atoms with van der Waals surface area (Å²) in [7, 11) is 1.55. The summed E-state index contributed by atoms with van der Waals surface area (Å²) in [4.78, 5) is 28.3. The van der Waals surface area contributed by atoms with Gasteiger partial charge >= 0.3 is 5.97 Å². The average Bonchev–Trinajstić information content (AvgIpc) is 3.02. The highest BCUT2D eigenvalue weighted by Gasteiger charge is 2.24. The minimum absolute atomic E-state index is 0.0681. The van der Waals surface area contributed by atoms with Crippen LogP contribution in [0.5, 0.6) is 11.5 Å². The number of thioether (sulfide) groups is 1. The molecule has 0 aliphatic carbocycles. The molecule has 0 unspecified atom stereocenters. The maximum atomic E-state index is 12.3. The summed E-state index contributed by atoms with van der Waals surface area (Å²) in [6, 6.07) is 11.7. The average molecular weight is 398 g/mol. The summed E-state index contributed by atoms with van der Waals surface area (Å²) < 4.78 is 10.8. The second-order valence-corrected chi connectivity index (χ2v) is 6.68. The lowest BCUT2D eigenvalue weighted by molar-refractivity contribution is -0.115. The van der Waals surface area contributed by atoms with E-state index in [0.717, 1.165) is 17.3 Å². The highest BCUT2D eigenvalue weighted by molar-refractivity contribution is 8.18. The zero-order chi connectivity index (χ0) is 20.1. The van der Waals surface area contributed by atoms with Gasteiger partial charge in [-0.25, -0.2) is 9.79 Å². The molecule has 0 bridgehead atoms. The summed E-state index contributed by atoms with van der Waals surface area (Å²) in [5, 5.41) is 12.2. The quantitative estimate of drug-likeness (QED) is 0.721. The Hall–Kier alpha value is -3.26. The number of amidine groups is 1. The van der Waals surface area contributed by atoms with Crippen molar-refractivity contribution in [2.45, 2.75) is 6.92 Å². The molecule has 1 amide bonds. The second kappa shape index (κ2) is 8.62. The maximum Gasteiger partial charge on any atom is 0.337 e. The molecule has 0 aromatic heterocycles. The topological polar surface area (TPSA) is 97.2 Å². The van der Waals surface area contributed by atoms with Gasteiger partial charge in [-0.05, 0) is 54.6 Å². The fourth-order valence-corrected chi connectivity index (χ4v) is 3.38. The van der Waals surface area contributed by atoms with Crippen LogP contribution in [0.25, 0.3) is 6.08 Å². The third kappa shape index (κ3) is 4.34. The van der Waals surface area contributed by atoms with Crippen molar-refractivity contribution < 1.29 is 24.2 Å². The molecule has 2 N–H and O–H groups in total. The van der Waals surface area contributed by atoms with Crippen molar-refractivity contribution in [3.63, 3.8) is 0 Å². The van der Waals surface area contributed by atoms with E-state index >= 15 is 0 Å². The van der Waals surface area contributed by atoms with Crippen molar-refractivity contribution in [3.8, 4) is 11.5 Å². The van der Waals surface area contributed by atoms with Crippen LogP contribution in [-0.2, 0) is 4.79 Å². The van der Waals surface area contributed by atoms with Crippen LogP contribution < -0.4 is 14.8 Å². The number of hydrogen-bond donors (Lipinski definition) is 2. The first-order chi connectivity index (χ1) is 13.5. The molecule has 1 aliphatic rings. The van der Waals surface area contributed by atoms with E-state index in [1.54, 1.807) is 43.5 Å². The zero-order valence-electron chi connectivity index (χ0n) is 15.3. The minimum atomic E-state index is -1.08. The van der Waals surface area contributed by atoms with E-state index in [4.69, 9.17) is 9.47 Å². The number of carboxylic acid groups (broad SMARTS) is 1. The number of hydrogen-bond acceptors (Lipinski definition) is 6. The maximum absolute atomic E-state index is 12.3. The molecule has 144 valence electrons. The van der Waals surface area contributed by atoms with Gasteiger partial charge in [-0.15, -0.1) is 0 Å². The van der Waals surface area contributed by atoms with Gasteiger partial charge < -0.3 is 19.9 Å². The number of rotatable bonds is 6. The van der Waals surface area contributed by atoms with Crippen LogP contribution in [0.1, 0.15) is 22.8 Å². The normalized spacial score (nSPS) is 16.3. The second-order valence-electron chi connectivity index (χ2n) is 5.65. The number of aromatic carboxylic acids is 1. The first-order valence-corrected chi connectivity index (χ1v) is 9.26. The molecular weight excluding hydrogens is 380 g/mol. The SMILES string of the molecule is CCOc1ccc(/C=C2\SC(=Nc3ccccc3C(=O)O)NC2=O)cc1OC. The van der Waals surface area contributed by atoms with E-state index in [9.17, 15) is 14.7 Å². The van der Waals surface area contributed by atoms with Crippen molar-refractivity contribution in [2.75, 3.05) is 13.7 Å². The Morgan fingerprint density at radius 1 is 1.25 bits per heavy atom. The highest BCUT2D eigenvalue weighted by atomic mass is 32.2. The molecule has 1 heterocycles. The Labute approximate surface area is 166 Å². The van der Waals surface area contributed by atoms with E-state index in [0.29, 0.717) is 28.2 Å². The molecule has 0 spiro atoms. The number of para-hydroxylation sites is 1. The van der Waals surface area contributed by atoms with Gasteiger partial charge in [-0.1, -0.05) is 18.2 Å². The number of aliphatic imine (C=N–C) groups is 1. The minimum Gasteiger partial charge on any atom is -0.493 e. The van der Waals surface area contributed by atoms with Crippen molar-refractivity contribution >= 4 is 40.6 Å². The Bertz CT molecular complexity index is 984. The number of carboxylic acids is 1. The van der Waals surface area contributed by atoms with Gasteiger partial charge in [0.2, 0.25) is 0 Å². The summed E-state index contributed by atoms with van der Waals surface area (Å²) in [5.41, 5.74) is 1.12. The fourth-order valence-electron chi connectivity index (χ4n) is 2.54. The smallest absolute Gasteiger partial charge is 0.337 e. The Morgan fingerprint density at radius 2 is 2.04 bits per heavy atom.